The monoisotopic (exact) mass is 285 g/mol. The minimum Gasteiger partial charge on any atom is -0.480 e. The van der Waals surface area contributed by atoms with Gasteiger partial charge in [-0.25, -0.2) is 0 Å². The normalized spacial score (nSPS) is 15.1. The van der Waals surface area contributed by atoms with Gasteiger partial charge in [-0.2, -0.15) is 0 Å². The Balaban J connectivity index is 2.11. The minimum atomic E-state index is -1.14. The van der Waals surface area contributed by atoms with Gasteiger partial charge in [0.25, 0.3) is 0 Å². The number of rotatable bonds is 6. The quantitative estimate of drug-likeness (QED) is 0.762. The molecule has 21 heavy (non-hydrogen) atoms. The second-order valence-electron chi connectivity index (χ2n) is 5.20. The summed E-state index contributed by atoms with van der Waals surface area (Å²) in [5.74, 6) is -0.968. The van der Waals surface area contributed by atoms with Crippen LogP contribution >= 0.6 is 0 Å². The summed E-state index contributed by atoms with van der Waals surface area (Å²) >= 11 is 0. The van der Waals surface area contributed by atoms with Crippen LogP contribution in [-0.4, -0.2) is 22.7 Å². The number of hydrogen-bond acceptors (Lipinski definition) is 3. The maximum Gasteiger partial charge on any atom is 0.325 e. The first-order chi connectivity index (χ1) is 10.0. The SMILES string of the molecule is CC(O)(CNC(C(=O)O)c1ccccc1)c1ccccc1. The van der Waals surface area contributed by atoms with Crippen molar-refractivity contribution in [3.05, 3.63) is 71.8 Å². The number of nitrogens with one attached hydrogen (secondary N) is 1. The molecule has 0 aliphatic carbocycles. The van der Waals surface area contributed by atoms with E-state index in [0.717, 1.165) is 5.56 Å². The molecule has 0 aliphatic rings. The van der Waals surface area contributed by atoms with Gasteiger partial charge in [-0.3, -0.25) is 10.1 Å². The molecule has 2 aromatic rings. The minimum absolute atomic E-state index is 0.142. The fourth-order valence-corrected chi connectivity index (χ4v) is 2.19. The molecule has 2 rings (SSSR count). The summed E-state index contributed by atoms with van der Waals surface area (Å²) in [4.78, 5) is 11.4. The van der Waals surface area contributed by atoms with Gasteiger partial charge in [0, 0.05) is 6.54 Å². The predicted octanol–water partition coefficient (Wildman–Crippen LogP) is 2.31. The third kappa shape index (κ3) is 3.90. The van der Waals surface area contributed by atoms with Crippen molar-refractivity contribution in [1.29, 1.82) is 0 Å². The van der Waals surface area contributed by atoms with Crippen LogP contribution in [0.25, 0.3) is 0 Å². The summed E-state index contributed by atoms with van der Waals surface area (Å²) in [7, 11) is 0. The number of aliphatic hydroxyl groups is 1. The van der Waals surface area contributed by atoms with Crippen molar-refractivity contribution in [3.63, 3.8) is 0 Å². The van der Waals surface area contributed by atoms with Crippen molar-refractivity contribution >= 4 is 5.97 Å². The maximum atomic E-state index is 11.4. The molecular formula is C17H19NO3. The van der Waals surface area contributed by atoms with Gasteiger partial charge in [0.15, 0.2) is 0 Å². The molecule has 2 unspecified atom stereocenters. The summed E-state index contributed by atoms with van der Waals surface area (Å²) in [5, 5.41) is 22.8. The zero-order valence-electron chi connectivity index (χ0n) is 11.9. The van der Waals surface area contributed by atoms with Gasteiger partial charge >= 0.3 is 5.97 Å². The Labute approximate surface area is 124 Å². The van der Waals surface area contributed by atoms with Gasteiger partial charge < -0.3 is 10.2 Å². The molecule has 0 bridgehead atoms. The number of carboxylic acid groups (broad SMARTS) is 1. The molecule has 0 saturated heterocycles. The first kappa shape index (κ1) is 15.2. The van der Waals surface area contributed by atoms with Gasteiger partial charge in [-0.15, -0.1) is 0 Å². The smallest absolute Gasteiger partial charge is 0.325 e. The first-order valence-electron chi connectivity index (χ1n) is 6.80. The Bertz CT molecular complexity index is 581. The van der Waals surface area contributed by atoms with Crippen LogP contribution in [0.1, 0.15) is 24.1 Å². The van der Waals surface area contributed by atoms with Crippen molar-refractivity contribution in [1.82, 2.24) is 5.32 Å². The van der Waals surface area contributed by atoms with E-state index in [4.69, 9.17) is 0 Å². The van der Waals surface area contributed by atoms with Gasteiger partial charge in [0.2, 0.25) is 0 Å². The maximum absolute atomic E-state index is 11.4. The Kier molecular flexibility index (Phi) is 4.73. The van der Waals surface area contributed by atoms with Gasteiger partial charge in [0.05, 0.1) is 5.60 Å². The molecule has 0 fully saturated rings. The summed E-state index contributed by atoms with van der Waals surface area (Å²) in [6.07, 6.45) is 0. The second kappa shape index (κ2) is 6.52. The summed E-state index contributed by atoms with van der Waals surface area (Å²) in [6.45, 7) is 1.81. The lowest BCUT2D eigenvalue weighted by Gasteiger charge is -2.26. The number of benzene rings is 2. The van der Waals surface area contributed by atoms with Crippen molar-refractivity contribution < 1.29 is 15.0 Å². The largest absolute Gasteiger partial charge is 0.480 e. The van der Waals surface area contributed by atoms with E-state index in [2.05, 4.69) is 5.32 Å². The Morgan fingerprint density at radius 3 is 2.14 bits per heavy atom. The molecule has 0 radical (unpaired) electrons. The van der Waals surface area contributed by atoms with Crippen LogP contribution in [0.5, 0.6) is 0 Å². The third-order valence-electron chi connectivity index (χ3n) is 3.43. The standard InChI is InChI=1S/C17H19NO3/c1-17(21,14-10-6-3-7-11-14)12-18-15(16(19)20)13-8-4-2-5-9-13/h2-11,15,18,21H,12H2,1H3,(H,19,20). The third-order valence-corrected chi connectivity index (χ3v) is 3.43. The van der Waals surface area contributed by atoms with Gasteiger partial charge in [-0.05, 0) is 18.1 Å². The van der Waals surface area contributed by atoms with Crippen LogP contribution in [-0.2, 0) is 10.4 Å². The van der Waals surface area contributed by atoms with Crippen molar-refractivity contribution in [2.45, 2.75) is 18.6 Å². The van der Waals surface area contributed by atoms with Gasteiger partial charge in [-0.1, -0.05) is 60.7 Å². The number of carbonyl (C=O) groups is 1. The zero-order valence-corrected chi connectivity index (χ0v) is 11.9. The van der Waals surface area contributed by atoms with E-state index in [1.165, 1.54) is 0 Å². The van der Waals surface area contributed by atoms with Crippen LogP contribution in [0.15, 0.2) is 60.7 Å². The van der Waals surface area contributed by atoms with E-state index in [1.54, 1.807) is 31.2 Å². The molecule has 0 spiro atoms. The average molecular weight is 285 g/mol. The highest BCUT2D eigenvalue weighted by atomic mass is 16.4. The van der Waals surface area contributed by atoms with Gasteiger partial charge in [0.1, 0.15) is 6.04 Å². The lowest BCUT2D eigenvalue weighted by molar-refractivity contribution is -0.140. The number of aliphatic carboxylic acids is 1. The molecule has 2 aromatic carbocycles. The van der Waals surface area contributed by atoms with E-state index in [-0.39, 0.29) is 6.54 Å². The average Bonchev–Trinajstić information content (AvgIpc) is 2.49. The molecule has 110 valence electrons. The van der Waals surface area contributed by atoms with Crippen molar-refractivity contribution in [2.24, 2.45) is 0 Å². The molecule has 0 saturated carbocycles. The Hall–Kier alpha value is -2.17. The van der Waals surface area contributed by atoms with Crippen LogP contribution in [0, 0.1) is 0 Å². The van der Waals surface area contributed by atoms with Crippen LogP contribution in [0.3, 0.4) is 0 Å². The number of carboxylic acids is 1. The molecule has 0 amide bonds. The highest BCUT2D eigenvalue weighted by Crippen LogP contribution is 2.21. The molecule has 3 N–H and O–H groups in total. The van der Waals surface area contributed by atoms with Crippen molar-refractivity contribution in [2.75, 3.05) is 6.54 Å². The van der Waals surface area contributed by atoms with Crippen LogP contribution < -0.4 is 5.32 Å². The highest BCUT2D eigenvalue weighted by Gasteiger charge is 2.27. The fourth-order valence-electron chi connectivity index (χ4n) is 2.19. The predicted molar refractivity (Wildman–Crippen MR) is 80.8 cm³/mol. The van der Waals surface area contributed by atoms with E-state index in [0.29, 0.717) is 5.56 Å². The number of hydrogen-bond donors (Lipinski definition) is 3. The molecule has 2 atom stereocenters. The summed E-state index contributed by atoms with van der Waals surface area (Å²) in [5.41, 5.74) is 0.271. The van der Waals surface area contributed by atoms with E-state index in [1.807, 2.05) is 36.4 Å². The van der Waals surface area contributed by atoms with E-state index >= 15 is 0 Å². The van der Waals surface area contributed by atoms with E-state index < -0.39 is 17.6 Å². The van der Waals surface area contributed by atoms with Crippen molar-refractivity contribution in [3.8, 4) is 0 Å². The molecule has 4 heteroatoms. The second-order valence-corrected chi connectivity index (χ2v) is 5.20. The summed E-state index contributed by atoms with van der Waals surface area (Å²) < 4.78 is 0. The molecule has 4 nitrogen and oxygen atoms in total. The molecular weight excluding hydrogens is 266 g/mol. The fraction of sp³-hybridized carbons (Fsp3) is 0.235. The lowest BCUT2D eigenvalue weighted by Crippen LogP contribution is -2.39. The lowest BCUT2D eigenvalue weighted by atomic mass is 9.95. The summed E-state index contributed by atoms with van der Waals surface area (Å²) in [6, 6.07) is 17.3. The van der Waals surface area contributed by atoms with E-state index in [9.17, 15) is 15.0 Å². The first-order valence-corrected chi connectivity index (χ1v) is 6.80. The zero-order chi connectivity index (χ0) is 15.3. The molecule has 0 aliphatic heterocycles. The van der Waals surface area contributed by atoms with Crippen LogP contribution in [0.4, 0.5) is 0 Å². The Morgan fingerprint density at radius 1 is 1.10 bits per heavy atom. The topological polar surface area (TPSA) is 69.6 Å². The molecule has 0 heterocycles. The van der Waals surface area contributed by atoms with Crippen LogP contribution in [0.2, 0.25) is 0 Å². The highest BCUT2D eigenvalue weighted by molar-refractivity contribution is 5.75. The Morgan fingerprint density at radius 2 is 1.62 bits per heavy atom. The molecule has 0 aromatic heterocycles.